The Labute approximate surface area is 78.8 Å². The van der Waals surface area contributed by atoms with Crippen molar-refractivity contribution in [3.05, 3.63) is 34.7 Å². The van der Waals surface area contributed by atoms with E-state index in [-0.39, 0.29) is 0 Å². The Morgan fingerprint density at radius 1 is 1.42 bits per heavy atom. The van der Waals surface area contributed by atoms with Gasteiger partial charge in [0.15, 0.2) is 0 Å². The van der Waals surface area contributed by atoms with E-state index in [4.69, 9.17) is 0 Å². The molecule has 0 aliphatic heterocycles. The number of aromatic nitrogens is 2. The highest BCUT2D eigenvalue weighted by Crippen LogP contribution is 2.22. The minimum atomic E-state index is 0.913. The number of halogens is 1. The number of benzene rings is 1. The van der Waals surface area contributed by atoms with Gasteiger partial charge in [-0.15, -0.1) is 0 Å². The van der Waals surface area contributed by atoms with Crippen molar-refractivity contribution >= 4 is 26.8 Å². The van der Waals surface area contributed by atoms with Gasteiger partial charge in [-0.1, -0.05) is 0 Å². The van der Waals surface area contributed by atoms with Crippen LogP contribution < -0.4 is 0 Å². The van der Waals surface area contributed by atoms with Crippen molar-refractivity contribution in [2.75, 3.05) is 0 Å². The molecule has 0 atom stereocenters. The highest BCUT2D eigenvalue weighted by Gasteiger charge is 2.00. The molecule has 0 N–H and O–H groups in total. The highest BCUT2D eigenvalue weighted by atomic mass is 79.9. The Kier molecular flexibility index (Phi) is 1.81. The molecule has 12 heavy (non-hydrogen) atoms. The minimum absolute atomic E-state index is 0.913. The van der Waals surface area contributed by atoms with Crippen molar-refractivity contribution in [1.29, 1.82) is 0 Å². The van der Waals surface area contributed by atoms with Crippen LogP contribution in [0.5, 0.6) is 0 Å². The molecule has 1 aromatic carbocycles. The van der Waals surface area contributed by atoms with Crippen LogP contribution >= 0.6 is 15.9 Å². The van der Waals surface area contributed by atoms with Crippen molar-refractivity contribution in [2.24, 2.45) is 0 Å². The first-order chi connectivity index (χ1) is 5.77. The molecule has 0 aliphatic carbocycles. The first-order valence-electron chi connectivity index (χ1n) is 3.56. The van der Waals surface area contributed by atoms with Crippen LogP contribution in [-0.4, -0.2) is 9.97 Å². The van der Waals surface area contributed by atoms with Crippen LogP contribution in [0, 0.1) is 13.1 Å². The smallest absolute Gasteiger partial charge is 0.116 e. The molecular weight excluding hydrogens is 216 g/mol. The van der Waals surface area contributed by atoms with E-state index in [1.165, 1.54) is 11.9 Å². The molecule has 0 spiro atoms. The summed E-state index contributed by atoms with van der Waals surface area (Å²) in [5.74, 6) is 0. The number of aryl methyl sites for hydroxylation is 1. The van der Waals surface area contributed by atoms with Crippen molar-refractivity contribution in [1.82, 2.24) is 9.97 Å². The van der Waals surface area contributed by atoms with Gasteiger partial charge in [-0.05, 0) is 40.5 Å². The number of rotatable bonds is 0. The van der Waals surface area contributed by atoms with Crippen LogP contribution in [0.3, 0.4) is 0 Å². The second-order valence-corrected chi connectivity index (χ2v) is 3.48. The Balaban J connectivity index is 2.89. The molecule has 0 unspecified atom stereocenters. The summed E-state index contributed by atoms with van der Waals surface area (Å²) >= 11 is 3.44. The van der Waals surface area contributed by atoms with Crippen molar-refractivity contribution in [3.8, 4) is 0 Å². The van der Waals surface area contributed by atoms with Gasteiger partial charge in [0.2, 0.25) is 0 Å². The molecule has 0 amide bonds. The van der Waals surface area contributed by atoms with E-state index in [0.717, 1.165) is 15.4 Å². The third-order valence-electron chi connectivity index (χ3n) is 1.64. The zero-order valence-electron chi connectivity index (χ0n) is 6.50. The monoisotopic (exact) mass is 221 g/mol. The minimum Gasteiger partial charge on any atom is -0.235 e. The normalized spacial score (nSPS) is 10.5. The van der Waals surface area contributed by atoms with Crippen LogP contribution in [0.15, 0.2) is 22.9 Å². The van der Waals surface area contributed by atoms with Gasteiger partial charge >= 0.3 is 0 Å². The predicted molar refractivity (Wildman–Crippen MR) is 50.8 cm³/mol. The van der Waals surface area contributed by atoms with E-state index in [1.54, 1.807) is 0 Å². The predicted octanol–water partition coefficient (Wildman–Crippen LogP) is 2.50. The summed E-state index contributed by atoms with van der Waals surface area (Å²) in [4.78, 5) is 7.97. The SMILES string of the molecule is Cc1cc(Br)c2ncn[c]c2c1. The van der Waals surface area contributed by atoms with Gasteiger partial charge in [-0.25, -0.2) is 9.97 Å². The molecule has 0 saturated carbocycles. The molecule has 59 valence electrons. The van der Waals surface area contributed by atoms with E-state index in [0.29, 0.717) is 0 Å². The zero-order valence-corrected chi connectivity index (χ0v) is 8.09. The topological polar surface area (TPSA) is 25.8 Å². The number of hydrogen-bond donors (Lipinski definition) is 0. The average Bonchev–Trinajstić information content (AvgIpc) is 2.04. The molecule has 1 aromatic heterocycles. The van der Waals surface area contributed by atoms with Crippen molar-refractivity contribution < 1.29 is 0 Å². The Morgan fingerprint density at radius 3 is 3.08 bits per heavy atom. The summed E-state index contributed by atoms with van der Waals surface area (Å²) in [6, 6.07) is 4.04. The number of fused-ring (bicyclic) bond motifs is 1. The fourth-order valence-electron chi connectivity index (χ4n) is 1.14. The lowest BCUT2D eigenvalue weighted by Gasteiger charge is -1.99. The lowest BCUT2D eigenvalue weighted by Crippen LogP contribution is -1.84. The Bertz CT molecular complexity index is 426. The molecule has 2 rings (SSSR count). The second kappa shape index (κ2) is 2.83. The van der Waals surface area contributed by atoms with Crippen LogP contribution in [0.25, 0.3) is 10.9 Å². The molecule has 1 heterocycles. The lowest BCUT2D eigenvalue weighted by atomic mass is 10.2. The first kappa shape index (κ1) is 7.68. The van der Waals surface area contributed by atoms with Crippen LogP contribution in [0.1, 0.15) is 5.56 Å². The van der Waals surface area contributed by atoms with Gasteiger partial charge in [0.05, 0.1) is 5.52 Å². The quantitative estimate of drug-likeness (QED) is 0.684. The van der Waals surface area contributed by atoms with Gasteiger partial charge < -0.3 is 0 Å². The molecule has 2 nitrogen and oxygen atoms in total. The van der Waals surface area contributed by atoms with E-state index < -0.39 is 0 Å². The summed E-state index contributed by atoms with van der Waals surface area (Å²) in [7, 11) is 0. The first-order valence-corrected chi connectivity index (χ1v) is 4.35. The molecular formula is C9H6BrN2. The van der Waals surface area contributed by atoms with Crippen LogP contribution in [-0.2, 0) is 0 Å². The van der Waals surface area contributed by atoms with Crippen molar-refractivity contribution in [2.45, 2.75) is 6.92 Å². The Morgan fingerprint density at radius 2 is 2.25 bits per heavy atom. The summed E-state index contributed by atoms with van der Waals surface area (Å²) < 4.78 is 0.996. The van der Waals surface area contributed by atoms with Gasteiger partial charge in [0.25, 0.3) is 0 Å². The van der Waals surface area contributed by atoms with Crippen LogP contribution in [0.2, 0.25) is 0 Å². The second-order valence-electron chi connectivity index (χ2n) is 2.63. The maximum absolute atomic E-state index is 4.13. The zero-order chi connectivity index (χ0) is 8.55. The third-order valence-corrected chi connectivity index (χ3v) is 2.24. The number of nitrogens with zero attached hydrogens (tertiary/aromatic N) is 2. The van der Waals surface area contributed by atoms with Crippen LogP contribution in [0.4, 0.5) is 0 Å². The fourth-order valence-corrected chi connectivity index (χ4v) is 1.81. The van der Waals surface area contributed by atoms with E-state index in [2.05, 4.69) is 32.1 Å². The van der Waals surface area contributed by atoms with Gasteiger partial charge in [-0.2, -0.15) is 0 Å². The molecule has 3 heteroatoms. The van der Waals surface area contributed by atoms with Crippen molar-refractivity contribution in [3.63, 3.8) is 0 Å². The average molecular weight is 222 g/mol. The summed E-state index contributed by atoms with van der Waals surface area (Å²) in [6.07, 6.45) is 4.39. The standard InChI is InChI=1S/C9H6BrN2/c1-6-2-7-4-11-5-12-9(7)8(10)3-6/h2-3,5H,1H3. The highest BCUT2D eigenvalue weighted by molar-refractivity contribution is 9.10. The molecule has 0 fully saturated rings. The summed E-state index contributed by atoms with van der Waals surface area (Å²) in [5, 5.41) is 0.948. The molecule has 0 bridgehead atoms. The maximum atomic E-state index is 4.13. The van der Waals surface area contributed by atoms with E-state index >= 15 is 0 Å². The third kappa shape index (κ3) is 1.20. The summed E-state index contributed by atoms with van der Waals surface area (Å²) in [6.45, 7) is 2.03. The Hall–Kier alpha value is -0.960. The van der Waals surface area contributed by atoms with E-state index in [1.807, 2.05) is 19.1 Å². The largest absolute Gasteiger partial charge is 0.235 e. The molecule has 1 radical (unpaired) electrons. The number of hydrogen-bond acceptors (Lipinski definition) is 2. The van der Waals surface area contributed by atoms with Gasteiger partial charge in [0, 0.05) is 9.86 Å². The van der Waals surface area contributed by atoms with E-state index in [9.17, 15) is 0 Å². The maximum Gasteiger partial charge on any atom is 0.116 e. The lowest BCUT2D eigenvalue weighted by molar-refractivity contribution is 1.21. The molecule has 2 aromatic rings. The van der Waals surface area contributed by atoms with Gasteiger partial charge in [0.1, 0.15) is 12.5 Å². The summed E-state index contributed by atoms with van der Waals surface area (Å²) in [5.41, 5.74) is 2.09. The molecule has 0 saturated heterocycles. The molecule has 0 aliphatic rings. The van der Waals surface area contributed by atoms with Gasteiger partial charge in [-0.3, -0.25) is 0 Å². The fraction of sp³-hybridized carbons (Fsp3) is 0.111.